The van der Waals surface area contributed by atoms with Gasteiger partial charge in [-0.2, -0.15) is 5.10 Å². The van der Waals surface area contributed by atoms with E-state index in [4.69, 9.17) is 16.3 Å². The third kappa shape index (κ3) is 5.82. The monoisotopic (exact) mass is 478 g/mol. The second-order valence-electron chi connectivity index (χ2n) is 8.31. The molecular formula is C25H27ClN6O2. The average molecular weight is 479 g/mol. The maximum atomic E-state index is 11.4. The molecule has 0 radical (unpaired) electrons. The minimum Gasteiger partial charge on any atom is -0.497 e. The quantitative estimate of drug-likeness (QED) is 0.318. The first-order valence-corrected chi connectivity index (χ1v) is 11.5. The molecule has 0 unspecified atom stereocenters. The van der Waals surface area contributed by atoms with Crippen LogP contribution in [0.2, 0.25) is 5.02 Å². The molecule has 0 spiro atoms. The summed E-state index contributed by atoms with van der Waals surface area (Å²) in [6.07, 6.45) is 3.67. The smallest absolute Gasteiger partial charge is 0.227 e. The minimum absolute atomic E-state index is 0.134. The molecular weight excluding hydrogens is 452 g/mol. The van der Waals surface area contributed by atoms with Crippen LogP contribution in [0.1, 0.15) is 38.4 Å². The van der Waals surface area contributed by atoms with Gasteiger partial charge in [-0.3, -0.25) is 9.89 Å². The maximum absolute atomic E-state index is 11.4. The maximum Gasteiger partial charge on any atom is 0.227 e. The summed E-state index contributed by atoms with van der Waals surface area (Å²) >= 11 is 6.14. The van der Waals surface area contributed by atoms with Gasteiger partial charge in [0.05, 0.1) is 18.8 Å². The van der Waals surface area contributed by atoms with Crippen LogP contribution in [0.5, 0.6) is 5.75 Å². The summed E-state index contributed by atoms with van der Waals surface area (Å²) < 4.78 is 5.02. The van der Waals surface area contributed by atoms with Crippen LogP contribution in [-0.2, 0) is 4.79 Å². The molecule has 4 aromatic rings. The largest absolute Gasteiger partial charge is 0.497 e. The molecule has 34 heavy (non-hydrogen) atoms. The van der Waals surface area contributed by atoms with E-state index in [1.165, 1.54) is 0 Å². The van der Waals surface area contributed by atoms with E-state index in [1.807, 2.05) is 62.4 Å². The predicted octanol–water partition coefficient (Wildman–Crippen LogP) is 5.92. The van der Waals surface area contributed by atoms with Crippen LogP contribution in [0.25, 0.3) is 10.9 Å². The van der Waals surface area contributed by atoms with Gasteiger partial charge in [-0.25, -0.2) is 9.97 Å². The van der Waals surface area contributed by atoms with Crippen molar-refractivity contribution in [3.63, 3.8) is 0 Å². The summed E-state index contributed by atoms with van der Waals surface area (Å²) in [5.41, 5.74) is 1.80. The van der Waals surface area contributed by atoms with Crippen molar-refractivity contribution >= 4 is 45.7 Å². The zero-order valence-corrected chi connectivity index (χ0v) is 20.1. The van der Waals surface area contributed by atoms with Crippen LogP contribution in [0.4, 0.5) is 17.3 Å². The Kier molecular flexibility index (Phi) is 7.27. The van der Waals surface area contributed by atoms with Crippen molar-refractivity contribution in [3.8, 4) is 5.75 Å². The van der Waals surface area contributed by atoms with Crippen molar-refractivity contribution < 1.29 is 9.53 Å². The number of hydrogen-bond donors (Lipinski definition) is 3. The standard InChI is InChI=1S/C14H14ClN5.C11H13NO2/c1-8(2)12-16-7-10(15)14(17-12)18-13-9-5-3-4-6-11(9)19-20-13;1-14-10-6-4-9(5-7-10)12-11(13)8-2-3-8/h3-8H,1-2H3,(H2,16,17,18,19,20);4-8H,2-3H2,1H3,(H,12,13). The van der Waals surface area contributed by atoms with Gasteiger partial charge in [0, 0.05) is 22.9 Å². The fraction of sp³-hybridized carbons (Fsp3) is 0.280. The number of aromatic nitrogens is 4. The molecule has 176 valence electrons. The first kappa shape index (κ1) is 23.5. The van der Waals surface area contributed by atoms with Crippen molar-refractivity contribution in [1.82, 2.24) is 20.2 Å². The number of H-pyrrole nitrogens is 1. The predicted molar refractivity (Wildman–Crippen MR) is 135 cm³/mol. The highest BCUT2D eigenvalue weighted by Gasteiger charge is 2.29. The molecule has 0 bridgehead atoms. The number of aromatic amines is 1. The van der Waals surface area contributed by atoms with E-state index in [1.54, 1.807) is 13.3 Å². The molecule has 1 amide bonds. The lowest BCUT2D eigenvalue weighted by Gasteiger charge is -2.08. The normalized spacial score (nSPS) is 12.7. The van der Waals surface area contributed by atoms with Gasteiger partial charge >= 0.3 is 0 Å². The highest BCUT2D eigenvalue weighted by molar-refractivity contribution is 6.32. The molecule has 2 heterocycles. The SMILES string of the molecule is CC(C)c1ncc(Cl)c(Nc2n[nH]c3ccccc23)n1.COc1ccc(NC(=O)C2CC2)cc1. The number of fused-ring (bicyclic) bond motifs is 1. The molecule has 2 aromatic heterocycles. The van der Waals surface area contributed by atoms with Crippen molar-refractivity contribution in [1.29, 1.82) is 0 Å². The topological polar surface area (TPSA) is 105 Å². The van der Waals surface area contributed by atoms with Crippen LogP contribution >= 0.6 is 11.6 Å². The number of hydrogen-bond acceptors (Lipinski definition) is 6. The molecule has 8 nitrogen and oxygen atoms in total. The Bertz CT molecular complexity index is 1270. The number of ether oxygens (including phenoxy) is 1. The molecule has 3 N–H and O–H groups in total. The Morgan fingerprint density at radius 3 is 2.53 bits per heavy atom. The lowest BCUT2D eigenvalue weighted by molar-refractivity contribution is -0.117. The van der Waals surface area contributed by atoms with E-state index < -0.39 is 0 Å². The highest BCUT2D eigenvalue weighted by Crippen LogP contribution is 2.30. The van der Waals surface area contributed by atoms with Crippen LogP contribution < -0.4 is 15.4 Å². The third-order valence-corrected chi connectivity index (χ3v) is 5.57. The fourth-order valence-corrected chi connectivity index (χ4v) is 3.32. The van der Waals surface area contributed by atoms with Crippen molar-refractivity contribution in [3.05, 3.63) is 65.6 Å². The zero-order chi connectivity index (χ0) is 24.1. The Labute approximate surface area is 203 Å². The van der Waals surface area contributed by atoms with Gasteiger partial charge in [0.15, 0.2) is 11.6 Å². The summed E-state index contributed by atoms with van der Waals surface area (Å²) in [7, 11) is 1.62. The van der Waals surface area contributed by atoms with Crippen LogP contribution in [0, 0.1) is 5.92 Å². The van der Waals surface area contributed by atoms with Gasteiger partial charge in [0.2, 0.25) is 5.91 Å². The summed E-state index contributed by atoms with van der Waals surface area (Å²) in [6.45, 7) is 4.08. The van der Waals surface area contributed by atoms with Gasteiger partial charge in [-0.15, -0.1) is 0 Å². The van der Waals surface area contributed by atoms with Crippen LogP contribution in [0.15, 0.2) is 54.7 Å². The number of rotatable bonds is 6. The Morgan fingerprint density at radius 2 is 1.85 bits per heavy atom. The van der Waals surface area contributed by atoms with E-state index >= 15 is 0 Å². The van der Waals surface area contributed by atoms with E-state index in [2.05, 4.69) is 30.8 Å². The number of nitrogens with zero attached hydrogens (tertiary/aromatic N) is 3. The molecule has 1 fully saturated rings. The lowest BCUT2D eigenvalue weighted by Crippen LogP contribution is -2.12. The molecule has 0 atom stereocenters. The number of amides is 1. The molecule has 1 aliphatic carbocycles. The molecule has 5 rings (SSSR count). The van der Waals surface area contributed by atoms with E-state index in [9.17, 15) is 4.79 Å². The number of para-hydroxylation sites is 1. The molecule has 0 aliphatic heterocycles. The molecule has 1 aliphatic rings. The second kappa shape index (κ2) is 10.5. The van der Waals surface area contributed by atoms with Gasteiger partial charge < -0.3 is 15.4 Å². The van der Waals surface area contributed by atoms with Crippen molar-refractivity contribution in [2.24, 2.45) is 5.92 Å². The second-order valence-corrected chi connectivity index (χ2v) is 8.72. The van der Waals surface area contributed by atoms with Gasteiger partial charge in [0.25, 0.3) is 0 Å². The number of halogens is 1. The molecule has 2 aromatic carbocycles. The third-order valence-electron chi connectivity index (χ3n) is 5.29. The Balaban J connectivity index is 0.000000172. The average Bonchev–Trinajstić information content (AvgIpc) is 3.63. The van der Waals surface area contributed by atoms with Gasteiger partial charge in [-0.05, 0) is 49.2 Å². The van der Waals surface area contributed by atoms with E-state index in [0.29, 0.717) is 16.7 Å². The number of anilines is 3. The fourth-order valence-electron chi connectivity index (χ4n) is 3.18. The minimum atomic E-state index is 0.134. The molecule has 9 heteroatoms. The summed E-state index contributed by atoms with van der Waals surface area (Å²) in [6, 6.07) is 15.2. The zero-order valence-electron chi connectivity index (χ0n) is 19.3. The Hall–Kier alpha value is -3.65. The lowest BCUT2D eigenvalue weighted by atomic mass is 10.2. The number of carbonyl (C=O) groups is 1. The van der Waals surface area contributed by atoms with Gasteiger partial charge in [-0.1, -0.05) is 37.6 Å². The van der Waals surface area contributed by atoms with E-state index in [-0.39, 0.29) is 17.7 Å². The summed E-state index contributed by atoms with van der Waals surface area (Å²) in [5, 5.41) is 14.7. The van der Waals surface area contributed by atoms with Crippen molar-refractivity contribution in [2.75, 3.05) is 17.7 Å². The number of methoxy groups -OCH3 is 1. The van der Waals surface area contributed by atoms with Crippen LogP contribution in [-0.4, -0.2) is 33.2 Å². The van der Waals surface area contributed by atoms with Crippen LogP contribution in [0.3, 0.4) is 0 Å². The van der Waals surface area contributed by atoms with E-state index in [0.717, 1.165) is 41.0 Å². The van der Waals surface area contributed by atoms with Gasteiger partial charge in [0.1, 0.15) is 16.6 Å². The molecule has 0 saturated heterocycles. The van der Waals surface area contributed by atoms with Crippen molar-refractivity contribution in [2.45, 2.75) is 32.6 Å². The number of nitrogens with one attached hydrogen (secondary N) is 3. The highest BCUT2D eigenvalue weighted by atomic mass is 35.5. The molecule has 1 saturated carbocycles. The first-order chi connectivity index (χ1) is 16.4. The number of carbonyl (C=O) groups excluding carboxylic acids is 1. The number of benzene rings is 2. The summed E-state index contributed by atoms with van der Waals surface area (Å²) in [4.78, 5) is 20.1. The Morgan fingerprint density at radius 1 is 1.12 bits per heavy atom. The first-order valence-electron chi connectivity index (χ1n) is 11.1. The summed E-state index contributed by atoms with van der Waals surface area (Å²) in [5.74, 6) is 3.45.